The molecule has 0 bridgehead atoms. The van der Waals surface area contributed by atoms with Crippen molar-refractivity contribution >= 4 is 6.09 Å². The molecular formula is C19H29N5O2. The summed E-state index contributed by atoms with van der Waals surface area (Å²) in [5.41, 5.74) is 1.58. The van der Waals surface area contributed by atoms with Crippen molar-refractivity contribution in [1.82, 2.24) is 19.3 Å². The lowest BCUT2D eigenvalue weighted by atomic mass is 9.91. The second kappa shape index (κ2) is 7.68. The van der Waals surface area contributed by atoms with Crippen LogP contribution in [-0.2, 0) is 17.8 Å². The molecule has 0 unspecified atom stereocenters. The van der Waals surface area contributed by atoms with Crippen molar-refractivity contribution in [3.63, 3.8) is 0 Å². The molecule has 0 radical (unpaired) electrons. The molecule has 1 aromatic heterocycles. The van der Waals surface area contributed by atoms with Crippen molar-refractivity contribution in [2.24, 2.45) is 0 Å². The average molecular weight is 359 g/mol. The molecule has 7 heteroatoms. The van der Waals surface area contributed by atoms with Gasteiger partial charge in [0.1, 0.15) is 17.4 Å². The number of aryl methyl sites for hydroxylation is 1. The molecule has 0 N–H and O–H groups in total. The van der Waals surface area contributed by atoms with Crippen molar-refractivity contribution < 1.29 is 9.53 Å². The van der Waals surface area contributed by atoms with Crippen LogP contribution in [0, 0.1) is 11.3 Å². The number of ether oxygens (including phenoxy) is 1. The van der Waals surface area contributed by atoms with Crippen LogP contribution in [0.2, 0.25) is 0 Å². The average Bonchev–Trinajstić information content (AvgIpc) is 3.15. The fourth-order valence-electron chi connectivity index (χ4n) is 3.83. The molecule has 2 fully saturated rings. The van der Waals surface area contributed by atoms with Crippen molar-refractivity contribution in [2.75, 3.05) is 46.8 Å². The van der Waals surface area contributed by atoms with Gasteiger partial charge in [0, 0.05) is 58.3 Å². The smallest absolute Gasteiger partial charge is 0.410 e. The maximum atomic E-state index is 12.2. The molecule has 2 aliphatic rings. The number of likely N-dealkylation sites (tertiary alicyclic amines) is 1. The minimum atomic E-state index is -0.312. The van der Waals surface area contributed by atoms with E-state index in [-0.39, 0.29) is 11.7 Å². The molecule has 3 heterocycles. The number of nitrogens with zero attached hydrogens (tertiary/aromatic N) is 5. The first-order valence-corrected chi connectivity index (χ1v) is 9.39. The van der Waals surface area contributed by atoms with E-state index in [2.05, 4.69) is 22.1 Å². The van der Waals surface area contributed by atoms with Crippen LogP contribution in [0.5, 0.6) is 0 Å². The maximum absolute atomic E-state index is 12.2. The van der Waals surface area contributed by atoms with Crippen molar-refractivity contribution in [3.05, 3.63) is 23.5 Å². The van der Waals surface area contributed by atoms with E-state index in [1.807, 2.05) is 36.6 Å². The standard InChI is InChI=1S/C19H29N5O2/c1-4-23-14-16(11-17(23)12-20)13-22-7-5-19(6-8-22)15-24(18(25)26-19)10-9-21(2)3/h11,14H,4-10,13,15H2,1-3H3. The Morgan fingerprint density at radius 1 is 1.35 bits per heavy atom. The Bertz CT molecular complexity index is 683. The number of likely N-dealkylation sites (N-methyl/N-ethyl adjacent to an activating group) is 1. The van der Waals surface area contributed by atoms with Gasteiger partial charge in [-0.15, -0.1) is 0 Å². The van der Waals surface area contributed by atoms with E-state index < -0.39 is 0 Å². The Morgan fingerprint density at radius 3 is 2.65 bits per heavy atom. The van der Waals surface area contributed by atoms with Crippen molar-refractivity contribution in [2.45, 2.75) is 38.5 Å². The minimum Gasteiger partial charge on any atom is -0.441 e. The molecule has 3 rings (SSSR count). The van der Waals surface area contributed by atoms with Gasteiger partial charge in [0.05, 0.1) is 6.54 Å². The Balaban J connectivity index is 1.54. The summed E-state index contributed by atoms with van der Waals surface area (Å²) in [7, 11) is 4.03. The van der Waals surface area contributed by atoms with E-state index in [9.17, 15) is 10.1 Å². The summed E-state index contributed by atoms with van der Waals surface area (Å²) in [6, 6.07) is 4.23. The normalized spacial score (nSPS) is 20.0. The highest BCUT2D eigenvalue weighted by Crippen LogP contribution is 2.33. The zero-order chi connectivity index (χ0) is 18.7. The van der Waals surface area contributed by atoms with Crippen LogP contribution in [0.3, 0.4) is 0 Å². The van der Waals surface area contributed by atoms with Crippen molar-refractivity contribution in [1.29, 1.82) is 5.26 Å². The number of aromatic nitrogens is 1. The predicted octanol–water partition coefficient (Wildman–Crippen LogP) is 1.73. The second-order valence-electron chi connectivity index (χ2n) is 7.68. The van der Waals surface area contributed by atoms with Gasteiger partial charge in [-0.2, -0.15) is 5.26 Å². The summed E-state index contributed by atoms with van der Waals surface area (Å²) in [5, 5.41) is 9.20. The molecule has 26 heavy (non-hydrogen) atoms. The van der Waals surface area contributed by atoms with Crippen LogP contribution in [0.25, 0.3) is 0 Å². The summed E-state index contributed by atoms with van der Waals surface area (Å²) in [4.78, 5) is 18.5. The van der Waals surface area contributed by atoms with Gasteiger partial charge in [0.15, 0.2) is 0 Å². The number of carbonyl (C=O) groups is 1. The van der Waals surface area contributed by atoms with Crippen LogP contribution < -0.4 is 0 Å². The fraction of sp³-hybridized carbons (Fsp3) is 0.684. The lowest BCUT2D eigenvalue weighted by molar-refractivity contribution is -0.00124. The highest BCUT2D eigenvalue weighted by Gasteiger charge is 2.46. The number of nitriles is 1. The van der Waals surface area contributed by atoms with E-state index in [0.717, 1.165) is 57.8 Å². The van der Waals surface area contributed by atoms with Gasteiger partial charge >= 0.3 is 6.09 Å². The summed E-state index contributed by atoms with van der Waals surface area (Å²) in [5.74, 6) is 0. The van der Waals surface area contributed by atoms with Gasteiger partial charge < -0.3 is 19.1 Å². The number of hydrogen-bond donors (Lipinski definition) is 0. The molecule has 0 aromatic carbocycles. The first kappa shape index (κ1) is 18.7. The summed E-state index contributed by atoms with van der Waals surface area (Å²) in [6.45, 7) is 7.80. The highest BCUT2D eigenvalue weighted by molar-refractivity contribution is 5.70. The fourth-order valence-corrected chi connectivity index (χ4v) is 3.83. The topological polar surface area (TPSA) is 64.7 Å². The van der Waals surface area contributed by atoms with E-state index in [0.29, 0.717) is 6.54 Å². The molecule has 142 valence electrons. The molecule has 1 aromatic rings. The van der Waals surface area contributed by atoms with E-state index in [1.54, 1.807) is 0 Å². The third-order valence-corrected chi connectivity index (χ3v) is 5.44. The number of piperidine rings is 1. The quantitative estimate of drug-likeness (QED) is 0.774. The van der Waals surface area contributed by atoms with Crippen LogP contribution in [0.15, 0.2) is 12.3 Å². The molecular weight excluding hydrogens is 330 g/mol. The molecule has 0 saturated carbocycles. The number of carbonyl (C=O) groups excluding carboxylic acids is 1. The molecule has 0 atom stereocenters. The molecule has 0 aliphatic carbocycles. The van der Waals surface area contributed by atoms with E-state index in [1.165, 1.54) is 5.56 Å². The molecule has 2 aliphatic heterocycles. The van der Waals surface area contributed by atoms with E-state index in [4.69, 9.17) is 4.74 Å². The van der Waals surface area contributed by atoms with Crippen molar-refractivity contribution in [3.8, 4) is 6.07 Å². The summed E-state index contributed by atoms with van der Waals surface area (Å²) < 4.78 is 7.77. The SMILES string of the molecule is CCn1cc(CN2CCC3(CC2)CN(CCN(C)C)C(=O)O3)cc1C#N. The number of rotatable bonds is 6. The van der Waals surface area contributed by atoms with Gasteiger partial charge in [-0.05, 0) is 32.6 Å². The van der Waals surface area contributed by atoms with Gasteiger partial charge in [-0.1, -0.05) is 0 Å². The van der Waals surface area contributed by atoms with Crippen LogP contribution in [0.4, 0.5) is 4.79 Å². The largest absolute Gasteiger partial charge is 0.441 e. The van der Waals surface area contributed by atoms with Gasteiger partial charge in [-0.25, -0.2) is 4.79 Å². The van der Waals surface area contributed by atoms with Crippen LogP contribution in [0.1, 0.15) is 31.0 Å². The summed E-state index contributed by atoms with van der Waals surface area (Å²) in [6.07, 6.45) is 3.65. The zero-order valence-electron chi connectivity index (χ0n) is 16.1. The third-order valence-electron chi connectivity index (χ3n) is 5.44. The zero-order valence-corrected chi connectivity index (χ0v) is 16.1. The Labute approximate surface area is 155 Å². The van der Waals surface area contributed by atoms with Gasteiger partial charge in [0.2, 0.25) is 0 Å². The molecule has 2 saturated heterocycles. The number of hydrogen-bond acceptors (Lipinski definition) is 5. The van der Waals surface area contributed by atoms with Gasteiger partial charge in [-0.3, -0.25) is 4.90 Å². The summed E-state index contributed by atoms with van der Waals surface area (Å²) >= 11 is 0. The third kappa shape index (κ3) is 4.02. The molecule has 1 amide bonds. The maximum Gasteiger partial charge on any atom is 0.410 e. The van der Waals surface area contributed by atoms with Gasteiger partial charge in [0.25, 0.3) is 0 Å². The van der Waals surface area contributed by atoms with E-state index >= 15 is 0 Å². The Kier molecular flexibility index (Phi) is 5.54. The Morgan fingerprint density at radius 2 is 2.08 bits per heavy atom. The highest BCUT2D eigenvalue weighted by atomic mass is 16.6. The monoisotopic (exact) mass is 359 g/mol. The van der Waals surface area contributed by atoms with Crippen LogP contribution in [-0.4, -0.2) is 77.8 Å². The molecule has 7 nitrogen and oxygen atoms in total. The number of amides is 1. The second-order valence-corrected chi connectivity index (χ2v) is 7.68. The first-order chi connectivity index (χ1) is 12.4. The minimum absolute atomic E-state index is 0.168. The Hall–Kier alpha value is -2.04. The predicted molar refractivity (Wildman–Crippen MR) is 98.7 cm³/mol. The lowest BCUT2D eigenvalue weighted by Crippen LogP contribution is -2.46. The molecule has 1 spiro atoms. The lowest BCUT2D eigenvalue weighted by Gasteiger charge is -2.37. The first-order valence-electron chi connectivity index (χ1n) is 9.39. The van der Waals surface area contributed by atoms with Crippen LogP contribution >= 0.6 is 0 Å².